The van der Waals surface area contributed by atoms with Crippen LogP contribution in [0.15, 0.2) is 40.6 Å². The van der Waals surface area contributed by atoms with E-state index in [0.717, 1.165) is 17.7 Å². The molecule has 0 N–H and O–H groups in total. The molecule has 0 spiro atoms. The number of nitriles is 1. The summed E-state index contributed by atoms with van der Waals surface area (Å²) in [6.45, 7) is 4.30. The Labute approximate surface area is 109 Å². The van der Waals surface area contributed by atoms with Crippen molar-refractivity contribution < 1.29 is 0 Å². The molecule has 92 valence electrons. The van der Waals surface area contributed by atoms with Gasteiger partial charge in [0.05, 0.1) is 18.2 Å². The van der Waals surface area contributed by atoms with Crippen LogP contribution in [0.3, 0.4) is 0 Å². The number of aliphatic imine (C=N–C) groups is 1. The van der Waals surface area contributed by atoms with Crippen molar-refractivity contribution in [2.75, 3.05) is 0 Å². The van der Waals surface area contributed by atoms with Gasteiger partial charge in [-0.3, -0.25) is 4.99 Å². The molecule has 0 bridgehead atoms. The van der Waals surface area contributed by atoms with E-state index in [4.69, 9.17) is 11.7 Å². The van der Waals surface area contributed by atoms with Gasteiger partial charge >= 0.3 is 0 Å². The minimum absolute atomic E-state index is 0.0411. The van der Waals surface area contributed by atoms with E-state index in [-0.39, 0.29) is 5.41 Å². The highest BCUT2D eigenvalue weighted by Crippen LogP contribution is 2.31. The third-order valence-electron chi connectivity index (χ3n) is 2.99. The Kier molecular flexibility index (Phi) is 5.15. The predicted octanol–water partition coefficient (Wildman–Crippen LogP) is 3.79. The van der Waals surface area contributed by atoms with E-state index in [9.17, 15) is 0 Å². The topological polar surface area (TPSA) is 36.1 Å². The van der Waals surface area contributed by atoms with Gasteiger partial charge in [-0.05, 0) is 18.1 Å². The second kappa shape index (κ2) is 6.62. The lowest BCUT2D eigenvalue weighted by atomic mass is 9.89. The lowest BCUT2D eigenvalue weighted by molar-refractivity contribution is 0.593. The van der Waals surface area contributed by atoms with Gasteiger partial charge in [-0.2, -0.15) is 5.26 Å². The Hall–Kier alpha value is -2.06. The fourth-order valence-electron chi connectivity index (χ4n) is 1.62. The molecule has 18 heavy (non-hydrogen) atoms. The summed E-state index contributed by atoms with van der Waals surface area (Å²) in [5, 5.41) is 8.46. The number of nitrogens with zero attached hydrogens (tertiary/aromatic N) is 2. The van der Waals surface area contributed by atoms with Gasteiger partial charge < -0.3 is 0 Å². The van der Waals surface area contributed by atoms with Crippen molar-refractivity contribution in [2.45, 2.75) is 33.1 Å². The van der Waals surface area contributed by atoms with Crippen molar-refractivity contribution in [1.82, 2.24) is 0 Å². The quantitative estimate of drug-likeness (QED) is 0.530. The Balaban J connectivity index is 2.89. The molecule has 1 rings (SSSR count). The fourth-order valence-corrected chi connectivity index (χ4v) is 1.62. The average Bonchev–Trinajstić information content (AvgIpc) is 2.77. The van der Waals surface area contributed by atoms with Crippen molar-refractivity contribution >= 4 is 6.21 Å². The second-order valence-electron chi connectivity index (χ2n) is 4.51. The van der Waals surface area contributed by atoms with Gasteiger partial charge in [-0.1, -0.05) is 32.1 Å². The number of hydrogen-bond donors (Lipinski definition) is 0. The molecule has 1 aliphatic rings. The molecule has 1 atom stereocenters. The largest absolute Gasteiger partial charge is 0.260 e. The Morgan fingerprint density at radius 3 is 2.94 bits per heavy atom. The first-order valence-electron chi connectivity index (χ1n) is 6.10. The summed E-state index contributed by atoms with van der Waals surface area (Å²) in [6, 6.07) is 2.06. The maximum Gasteiger partial charge on any atom is 0.0663 e. The van der Waals surface area contributed by atoms with Crippen LogP contribution in [0.1, 0.15) is 33.1 Å². The zero-order valence-corrected chi connectivity index (χ0v) is 11.0. The van der Waals surface area contributed by atoms with E-state index >= 15 is 0 Å². The molecule has 0 aromatic rings. The maximum absolute atomic E-state index is 8.46. The number of rotatable bonds is 5. The van der Waals surface area contributed by atoms with Crippen LogP contribution < -0.4 is 0 Å². The molecule has 1 heterocycles. The number of hydrogen-bond acceptors (Lipinski definition) is 2. The average molecular weight is 238 g/mol. The first-order chi connectivity index (χ1) is 8.65. The lowest BCUT2D eigenvalue weighted by Crippen LogP contribution is -2.09. The molecule has 0 fully saturated rings. The molecule has 2 heteroatoms. The summed E-state index contributed by atoms with van der Waals surface area (Å²) in [6.07, 6.45) is 17.1. The Morgan fingerprint density at radius 1 is 1.61 bits per heavy atom. The molecule has 0 saturated carbocycles. The van der Waals surface area contributed by atoms with Gasteiger partial charge in [0.25, 0.3) is 0 Å². The van der Waals surface area contributed by atoms with Gasteiger partial charge in [0.15, 0.2) is 0 Å². The van der Waals surface area contributed by atoms with E-state index in [2.05, 4.69) is 36.9 Å². The minimum Gasteiger partial charge on any atom is -0.260 e. The third kappa shape index (κ3) is 3.75. The monoisotopic (exact) mass is 238 g/mol. The normalized spacial score (nSPS) is 22.9. The third-order valence-corrected chi connectivity index (χ3v) is 2.99. The highest BCUT2D eigenvalue weighted by molar-refractivity contribution is 5.74. The molecule has 1 unspecified atom stereocenters. The van der Waals surface area contributed by atoms with Crippen LogP contribution in [0.2, 0.25) is 0 Å². The SMILES string of the molecule is C#CC/C(=C\C=C/CC#N)C1=CC(C)(CC)C=N1. The van der Waals surface area contributed by atoms with Crippen molar-refractivity contribution in [2.24, 2.45) is 10.4 Å². The standard InChI is InChI=1S/C16H18N2/c1-4-9-14(10-7-6-8-11-17)15-12-16(3,5-2)13-18-15/h1,6-7,10,12-13H,5,8-9H2,2-3H3/b7-6-,14-10+. The van der Waals surface area contributed by atoms with Crippen LogP contribution in [0.5, 0.6) is 0 Å². The molecular formula is C16H18N2. The summed E-state index contributed by atoms with van der Waals surface area (Å²) >= 11 is 0. The van der Waals surface area contributed by atoms with Crippen LogP contribution >= 0.6 is 0 Å². The Bertz CT molecular complexity index is 492. The van der Waals surface area contributed by atoms with E-state index in [0.29, 0.717) is 12.8 Å². The summed E-state index contributed by atoms with van der Waals surface area (Å²) in [7, 11) is 0. The lowest BCUT2D eigenvalue weighted by Gasteiger charge is -2.13. The highest BCUT2D eigenvalue weighted by atomic mass is 14.8. The van der Waals surface area contributed by atoms with Crippen molar-refractivity contribution in [3.8, 4) is 18.4 Å². The van der Waals surface area contributed by atoms with E-state index in [1.165, 1.54) is 0 Å². The molecule has 0 aromatic heterocycles. The maximum atomic E-state index is 8.46. The van der Waals surface area contributed by atoms with Crippen molar-refractivity contribution in [3.63, 3.8) is 0 Å². The van der Waals surface area contributed by atoms with E-state index < -0.39 is 0 Å². The van der Waals surface area contributed by atoms with Gasteiger partial charge in [0.2, 0.25) is 0 Å². The van der Waals surface area contributed by atoms with Crippen LogP contribution in [0, 0.1) is 29.1 Å². The molecule has 2 nitrogen and oxygen atoms in total. The predicted molar refractivity (Wildman–Crippen MR) is 75.9 cm³/mol. The highest BCUT2D eigenvalue weighted by Gasteiger charge is 2.23. The van der Waals surface area contributed by atoms with Crippen LogP contribution in [-0.4, -0.2) is 6.21 Å². The molecule has 0 aliphatic carbocycles. The molecule has 0 radical (unpaired) electrons. The molecule has 0 amide bonds. The van der Waals surface area contributed by atoms with Gasteiger partial charge in [0, 0.05) is 18.1 Å². The van der Waals surface area contributed by atoms with Crippen LogP contribution in [0.25, 0.3) is 0 Å². The first kappa shape index (κ1) is 14.0. The van der Waals surface area contributed by atoms with E-state index in [1.807, 2.05) is 24.4 Å². The molecule has 0 saturated heterocycles. The van der Waals surface area contributed by atoms with Crippen LogP contribution in [0.4, 0.5) is 0 Å². The van der Waals surface area contributed by atoms with Gasteiger partial charge in [-0.15, -0.1) is 12.3 Å². The summed E-state index contributed by atoms with van der Waals surface area (Å²) < 4.78 is 0. The summed E-state index contributed by atoms with van der Waals surface area (Å²) in [5.41, 5.74) is 2.03. The van der Waals surface area contributed by atoms with Gasteiger partial charge in [0.1, 0.15) is 0 Å². The second-order valence-corrected chi connectivity index (χ2v) is 4.51. The van der Waals surface area contributed by atoms with Crippen LogP contribution in [-0.2, 0) is 0 Å². The van der Waals surface area contributed by atoms with Gasteiger partial charge in [-0.25, -0.2) is 0 Å². The smallest absolute Gasteiger partial charge is 0.0663 e. The zero-order valence-electron chi connectivity index (χ0n) is 11.0. The molecule has 1 aliphatic heterocycles. The fraction of sp³-hybridized carbons (Fsp3) is 0.375. The van der Waals surface area contributed by atoms with Crippen molar-refractivity contribution in [3.05, 3.63) is 35.6 Å². The summed E-state index contributed by atoms with van der Waals surface area (Å²) in [4.78, 5) is 4.45. The number of terminal acetylenes is 1. The van der Waals surface area contributed by atoms with Crippen molar-refractivity contribution in [1.29, 1.82) is 5.26 Å². The minimum atomic E-state index is 0.0411. The molecular weight excluding hydrogens is 220 g/mol. The number of allylic oxidation sites excluding steroid dienone is 5. The first-order valence-corrected chi connectivity index (χ1v) is 6.10. The Morgan fingerprint density at radius 2 is 2.39 bits per heavy atom. The zero-order chi connectivity index (χ0) is 13.4. The summed E-state index contributed by atoms with van der Waals surface area (Å²) in [5.74, 6) is 2.65. The van der Waals surface area contributed by atoms with E-state index in [1.54, 1.807) is 0 Å². The molecule has 0 aromatic carbocycles.